The number of methoxy groups -OCH3 is 1. The van der Waals surface area contributed by atoms with Gasteiger partial charge in [0.2, 0.25) is 0 Å². The first-order valence-electron chi connectivity index (χ1n) is 3.73. The van der Waals surface area contributed by atoms with Crippen molar-refractivity contribution in [3.63, 3.8) is 0 Å². The predicted octanol–water partition coefficient (Wildman–Crippen LogP) is 2.26. The molecule has 1 nitrogen and oxygen atoms in total. The summed E-state index contributed by atoms with van der Waals surface area (Å²) in [7, 11) is 1.70. The molecule has 0 atom stereocenters. The summed E-state index contributed by atoms with van der Waals surface area (Å²) in [6.45, 7) is 1.86. The SMILES string of the molecule is CC#CC1=CC=C(OC)CC1. The molecule has 0 N–H and O–H groups in total. The summed E-state index contributed by atoms with van der Waals surface area (Å²) in [5, 5.41) is 0. The van der Waals surface area contributed by atoms with Gasteiger partial charge in [0.1, 0.15) is 0 Å². The normalized spacial score (nSPS) is 15.8. The monoisotopic (exact) mass is 148 g/mol. The zero-order valence-electron chi connectivity index (χ0n) is 6.98. The molecule has 1 rings (SSSR count). The third-order valence-corrected chi connectivity index (χ3v) is 1.66. The van der Waals surface area contributed by atoms with Crippen LogP contribution >= 0.6 is 0 Å². The van der Waals surface area contributed by atoms with Crippen molar-refractivity contribution in [3.05, 3.63) is 23.5 Å². The lowest BCUT2D eigenvalue weighted by Crippen LogP contribution is -1.93. The zero-order valence-corrected chi connectivity index (χ0v) is 6.98. The van der Waals surface area contributed by atoms with Gasteiger partial charge in [0.15, 0.2) is 0 Å². The van der Waals surface area contributed by atoms with E-state index < -0.39 is 0 Å². The van der Waals surface area contributed by atoms with Crippen LogP contribution in [-0.4, -0.2) is 7.11 Å². The Balaban J connectivity index is 2.66. The predicted molar refractivity (Wildman–Crippen MR) is 45.9 cm³/mol. The molecule has 0 bridgehead atoms. The van der Waals surface area contributed by atoms with Crippen LogP contribution in [0.4, 0.5) is 0 Å². The third kappa shape index (κ3) is 2.16. The van der Waals surface area contributed by atoms with Crippen LogP contribution in [0, 0.1) is 11.8 Å². The van der Waals surface area contributed by atoms with Crippen molar-refractivity contribution in [2.75, 3.05) is 7.11 Å². The molecule has 0 amide bonds. The fourth-order valence-corrected chi connectivity index (χ4v) is 1.05. The molecule has 0 spiro atoms. The smallest absolute Gasteiger partial charge is 0.0959 e. The van der Waals surface area contributed by atoms with E-state index in [0.29, 0.717) is 0 Å². The number of rotatable bonds is 1. The highest BCUT2D eigenvalue weighted by Crippen LogP contribution is 2.17. The Morgan fingerprint density at radius 1 is 1.36 bits per heavy atom. The van der Waals surface area contributed by atoms with Gasteiger partial charge in [0.25, 0.3) is 0 Å². The first kappa shape index (κ1) is 7.94. The van der Waals surface area contributed by atoms with E-state index in [1.54, 1.807) is 7.11 Å². The highest BCUT2D eigenvalue weighted by Gasteiger charge is 2.02. The largest absolute Gasteiger partial charge is 0.501 e. The zero-order chi connectivity index (χ0) is 8.10. The van der Waals surface area contributed by atoms with Crippen molar-refractivity contribution in [3.8, 4) is 11.8 Å². The molecule has 11 heavy (non-hydrogen) atoms. The lowest BCUT2D eigenvalue weighted by Gasteiger charge is -2.09. The molecule has 58 valence electrons. The van der Waals surface area contributed by atoms with Gasteiger partial charge in [-0.25, -0.2) is 0 Å². The van der Waals surface area contributed by atoms with E-state index in [1.165, 1.54) is 5.57 Å². The minimum atomic E-state index is 0.983. The summed E-state index contributed by atoms with van der Waals surface area (Å²) in [5.41, 5.74) is 1.20. The average molecular weight is 148 g/mol. The Bertz CT molecular complexity index is 248. The third-order valence-electron chi connectivity index (χ3n) is 1.66. The van der Waals surface area contributed by atoms with Gasteiger partial charge in [0, 0.05) is 12.0 Å². The maximum Gasteiger partial charge on any atom is 0.0959 e. The lowest BCUT2D eigenvalue weighted by atomic mass is 10.0. The van der Waals surface area contributed by atoms with Crippen LogP contribution in [0.5, 0.6) is 0 Å². The summed E-state index contributed by atoms with van der Waals surface area (Å²) >= 11 is 0. The Kier molecular flexibility index (Phi) is 2.80. The van der Waals surface area contributed by atoms with Crippen molar-refractivity contribution < 1.29 is 4.74 Å². The van der Waals surface area contributed by atoms with E-state index in [1.807, 2.05) is 19.1 Å². The first-order valence-corrected chi connectivity index (χ1v) is 3.73. The van der Waals surface area contributed by atoms with E-state index in [-0.39, 0.29) is 0 Å². The molecule has 0 aromatic heterocycles. The molecule has 0 aliphatic heterocycles. The van der Waals surface area contributed by atoms with E-state index >= 15 is 0 Å². The lowest BCUT2D eigenvalue weighted by molar-refractivity contribution is 0.276. The van der Waals surface area contributed by atoms with Crippen molar-refractivity contribution in [2.24, 2.45) is 0 Å². The second-order valence-electron chi connectivity index (χ2n) is 2.40. The summed E-state index contributed by atoms with van der Waals surface area (Å²) in [6.07, 6.45) is 6.01. The fourth-order valence-electron chi connectivity index (χ4n) is 1.05. The van der Waals surface area contributed by atoms with Gasteiger partial charge >= 0.3 is 0 Å². The summed E-state index contributed by atoms with van der Waals surface area (Å²) in [5.74, 6) is 6.97. The van der Waals surface area contributed by atoms with Gasteiger partial charge in [-0.3, -0.25) is 0 Å². The first-order chi connectivity index (χ1) is 5.36. The molecule has 1 aliphatic rings. The van der Waals surface area contributed by atoms with E-state index in [2.05, 4.69) is 11.8 Å². The summed E-state index contributed by atoms with van der Waals surface area (Å²) < 4.78 is 5.09. The van der Waals surface area contributed by atoms with Gasteiger partial charge in [-0.15, -0.1) is 5.92 Å². The molecule has 1 aliphatic carbocycles. The summed E-state index contributed by atoms with van der Waals surface area (Å²) in [6, 6.07) is 0. The maximum atomic E-state index is 5.09. The van der Waals surface area contributed by atoms with Crippen molar-refractivity contribution in [2.45, 2.75) is 19.8 Å². The number of hydrogen-bond donors (Lipinski definition) is 0. The minimum Gasteiger partial charge on any atom is -0.501 e. The second-order valence-corrected chi connectivity index (χ2v) is 2.40. The van der Waals surface area contributed by atoms with Crippen molar-refractivity contribution >= 4 is 0 Å². The van der Waals surface area contributed by atoms with Gasteiger partial charge in [-0.1, -0.05) is 5.92 Å². The Morgan fingerprint density at radius 3 is 2.64 bits per heavy atom. The number of allylic oxidation sites excluding steroid dienone is 4. The molecule has 0 aromatic rings. The topological polar surface area (TPSA) is 9.23 Å². The quantitative estimate of drug-likeness (QED) is 0.518. The minimum absolute atomic E-state index is 0.983. The van der Waals surface area contributed by atoms with Crippen LogP contribution in [0.15, 0.2) is 23.5 Å². The van der Waals surface area contributed by atoms with E-state index in [4.69, 9.17) is 4.74 Å². The van der Waals surface area contributed by atoms with Gasteiger partial charge < -0.3 is 4.74 Å². The molecule has 0 unspecified atom stereocenters. The van der Waals surface area contributed by atoms with Gasteiger partial charge in [0.05, 0.1) is 12.9 Å². The molecule has 1 heteroatoms. The van der Waals surface area contributed by atoms with Crippen molar-refractivity contribution in [1.29, 1.82) is 0 Å². The van der Waals surface area contributed by atoms with E-state index in [0.717, 1.165) is 18.6 Å². The Morgan fingerprint density at radius 2 is 2.18 bits per heavy atom. The van der Waals surface area contributed by atoms with Crippen molar-refractivity contribution in [1.82, 2.24) is 0 Å². The fraction of sp³-hybridized carbons (Fsp3) is 0.400. The van der Waals surface area contributed by atoms with Crippen LogP contribution in [0.25, 0.3) is 0 Å². The van der Waals surface area contributed by atoms with Crippen LogP contribution in [-0.2, 0) is 4.74 Å². The van der Waals surface area contributed by atoms with Crippen LogP contribution < -0.4 is 0 Å². The van der Waals surface area contributed by atoms with Crippen LogP contribution in [0.3, 0.4) is 0 Å². The molecule has 0 fully saturated rings. The molecule has 0 heterocycles. The van der Waals surface area contributed by atoms with Crippen LogP contribution in [0.1, 0.15) is 19.8 Å². The Hall–Kier alpha value is -1.16. The van der Waals surface area contributed by atoms with Crippen LogP contribution in [0.2, 0.25) is 0 Å². The van der Waals surface area contributed by atoms with Gasteiger partial charge in [-0.2, -0.15) is 0 Å². The molecule has 0 saturated heterocycles. The van der Waals surface area contributed by atoms with Gasteiger partial charge in [-0.05, 0) is 25.5 Å². The van der Waals surface area contributed by atoms with E-state index in [9.17, 15) is 0 Å². The molecule has 0 aromatic carbocycles. The molecule has 0 saturated carbocycles. The number of ether oxygens (including phenoxy) is 1. The second kappa shape index (κ2) is 3.88. The maximum absolute atomic E-state index is 5.09. The Labute approximate surface area is 67.8 Å². The molecule has 0 radical (unpaired) electrons. The summed E-state index contributed by atoms with van der Waals surface area (Å²) in [4.78, 5) is 0. The highest BCUT2D eigenvalue weighted by atomic mass is 16.5. The number of hydrogen-bond acceptors (Lipinski definition) is 1. The molecular formula is C10H12O. The highest BCUT2D eigenvalue weighted by molar-refractivity contribution is 5.34. The standard InChI is InChI=1S/C10H12O/c1-3-4-9-5-7-10(11-2)8-6-9/h5,7H,6,8H2,1-2H3. The molecular weight excluding hydrogens is 136 g/mol. The average Bonchev–Trinajstić information content (AvgIpc) is 2.07.